The summed E-state index contributed by atoms with van der Waals surface area (Å²) >= 11 is 3.30. The number of halogens is 1. The van der Waals surface area contributed by atoms with Gasteiger partial charge in [0.15, 0.2) is 0 Å². The van der Waals surface area contributed by atoms with Gasteiger partial charge < -0.3 is 4.74 Å². The van der Waals surface area contributed by atoms with Crippen LogP contribution in [0.25, 0.3) is 10.8 Å². The first-order chi connectivity index (χ1) is 12.4. The van der Waals surface area contributed by atoms with Gasteiger partial charge in [0.05, 0.1) is 17.7 Å². The van der Waals surface area contributed by atoms with Crippen molar-refractivity contribution in [3.05, 3.63) is 71.2 Å². The van der Waals surface area contributed by atoms with Gasteiger partial charge in [-0.3, -0.25) is 9.10 Å². The van der Waals surface area contributed by atoms with E-state index in [0.29, 0.717) is 5.69 Å². The van der Waals surface area contributed by atoms with Crippen LogP contribution in [0.3, 0.4) is 0 Å². The van der Waals surface area contributed by atoms with Crippen LogP contribution in [-0.2, 0) is 19.6 Å². The summed E-state index contributed by atoms with van der Waals surface area (Å²) in [4.78, 5) is 12.0. The molecule has 0 saturated heterocycles. The third-order valence-corrected chi connectivity index (χ3v) is 6.24. The minimum absolute atomic E-state index is 0.0949. The van der Waals surface area contributed by atoms with Crippen molar-refractivity contribution in [1.29, 1.82) is 0 Å². The number of hydrogen-bond acceptors (Lipinski definition) is 4. The van der Waals surface area contributed by atoms with Crippen LogP contribution in [0.2, 0.25) is 0 Å². The first-order valence-electron chi connectivity index (χ1n) is 7.76. The van der Waals surface area contributed by atoms with Gasteiger partial charge >= 0.3 is 5.97 Å². The fraction of sp³-hybridized carbons (Fsp3) is 0.105. The topological polar surface area (TPSA) is 63.7 Å². The second kappa shape index (κ2) is 7.47. The first-order valence-corrected chi connectivity index (χ1v) is 9.99. The van der Waals surface area contributed by atoms with Crippen molar-refractivity contribution in [3.63, 3.8) is 0 Å². The predicted molar refractivity (Wildman–Crippen MR) is 105 cm³/mol. The van der Waals surface area contributed by atoms with Gasteiger partial charge in [-0.15, -0.1) is 0 Å². The number of anilines is 1. The van der Waals surface area contributed by atoms with Crippen molar-refractivity contribution in [2.45, 2.75) is 4.90 Å². The number of methoxy groups -OCH3 is 1. The molecule has 5 nitrogen and oxygen atoms in total. The number of sulfonamides is 1. The number of fused-ring (bicyclic) bond motifs is 1. The van der Waals surface area contributed by atoms with Crippen LogP contribution in [-0.4, -0.2) is 28.0 Å². The van der Waals surface area contributed by atoms with E-state index in [1.807, 2.05) is 30.3 Å². The molecular weight excluding hydrogens is 418 g/mol. The van der Waals surface area contributed by atoms with Crippen LogP contribution in [0.1, 0.15) is 0 Å². The molecule has 0 atom stereocenters. The van der Waals surface area contributed by atoms with E-state index < -0.39 is 22.5 Å². The van der Waals surface area contributed by atoms with E-state index in [0.717, 1.165) is 19.6 Å². The van der Waals surface area contributed by atoms with Crippen molar-refractivity contribution in [1.82, 2.24) is 0 Å². The number of benzene rings is 3. The molecule has 0 aliphatic rings. The molecule has 7 heteroatoms. The fourth-order valence-corrected chi connectivity index (χ4v) is 4.33. The summed E-state index contributed by atoms with van der Waals surface area (Å²) in [5, 5.41) is 1.62. The van der Waals surface area contributed by atoms with Crippen LogP contribution >= 0.6 is 15.9 Å². The highest BCUT2D eigenvalue weighted by molar-refractivity contribution is 9.10. The summed E-state index contributed by atoms with van der Waals surface area (Å²) in [5.74, 6) is -0.640. The average molecular weight is 434 g/mol. The Morgan fingerprint density at radius 3 is 2.35 bits per heavy atom. The van der Waals surface area contributed by atoms with E-state index in [1.165, 1.54) is 19.2 Å². The molecule has 0 spiro atoms. The summed E-state index contributed by atoms with van der Waals surface area (Å²) in [5.41, 5.74) is 0.427. The first kappa shape index (κ1) is 18.4. The van der Waals surface area contributed by atoms with Crippen molar-refractivity contribution in [2.75, 3.05) is 18.0 Å². The van der Waals surface area contributed by atoms with Gasteiger partial charge in [-0.1, -0.05) is 52.3 Å². The second-order valence-corrected chi connectivity index (χ2v) is 8.32. The van der Waals surface area contributed by atoms with Crippen LogP contribution < -0.4 is 4.31 Å². The van der Waals surface area contributed by atoms with E-state index in [1.54, 1.807) is 24.3 Å². The maximum absolute atomic E-state index is 13.2. The van der Waals surface area contributed by atoms with Crippen molar-refractivity contribution in [3.8, 4) is 0 Å². The monoisotopic (exact) mass is 433 g/mol. The lowest BCUT2D eigenvalue weighted by atomic mass is 10.1. The molecule has 0 heterocycles. The van der Waals surface area contributed by atoms with Crippen LogP contribution in [0.4, 0.5) is 5.69 Å². The molecule has 0 aromatic heterocycles. The molecule has 0 N–H and O–H groups in total. The second-order valence-electron chi connectivity index (χ2n) is 5.54. The number of nitrogens with zero attached hydrogens (tertiary/aromatic N) is 1. The number of esters is 1. The van der Waals surface area contributed by atoms with Crippen LogP contribution in [0, 0.1) is 0 Å². The molecule has 0 radical (unpaired) electrons. The van der Waals surface area contributed by atoms with Gasteiger partial charge in [-0.05, 0) is 35.7 Å². The molecule has 0 fully saturated rings. The fourth-order valence-electron chi connectivity index (χ4n) is 2.64. The smallest absolute Gasteiger partial charge is 0.326 e. The summed E-state index contributed by atoms with van der Waals surface area (Å²) in [6.07, 6.45) is 0. The average Bonchev–Trinajstić information content (AvgIpc) is 2.65. The summed E-state index contributed by atoms with van der Waals surface area (Å²) in [7, 11) is -2.72. The zero-order valence-electron chi connectivity index (χ0n) is 13.9. The maximum atomic E-state index is 13.2. The lowest BCUT2D eigenvalue weighted by Crippen LogP contribution is -2.36. The number of ether oxygens (including phenoxy) is 1. The largest absolute Gasteiger partial charge is 0.468 e. The Labute approximate surface area is 160 Å². The van der Waals surface area contributed by atoms with Gasteiger partial charge in [-0.2, -0.15) is 0 Å². The number of carbonyl (C=O) groups is 1. The minimum atomic E-state index is -3.96. The minimum Gasteiger partial charge on any atom is -0.468 e. The predicted octanol–water partition coefficient (Wildman–Crippen LogP) is 3.97. The Kier molecular flexibility index (Phi) is 5.29. The van der Waals surface area contributed by atoms with E-state index in [9.17, 15) is 13.2 Å². The van der Waals surface area contributed by atoms with E-state index in [2.05, 4.69) is 15.9 Å². The van der Waals surface area contributed by atoms with E-state index >= 15 is 0 Å². The zero-order chi connectivity index (χ0) is 18.7. The SMILES string of the molecule is COC(=O)CN(c1cccc2ccccc12)S(=O)(=O)c1ccc(Br)cc1. The Morgan fingerprint density at radius 2 is 1.65 bits per heavy atom. The lowest BCUT2D eigenvalue weighted by molar-refractivity contribution is -0.138. The Morgan fingerprint density at radius 1 is 1.00 bits per heavy atom. The molecule has 3 aromatic carbocycles. The third-order valence-electron chi connectivity index (χ3n) is 3.94. The Bertz CT molecular complexity index is 1040. The zero-order valence-corrected chi connectivity index (χ0v) is 16.3. The molecule has 26 heavy (non-hydrogen) atoms. The normalized spacial score (nSPS) is 11.3. The molecule has 3 rings (SSSR count). The highest BCUT2D eigenvalue weighted by Gasteiger charge is 2.28. The molecule has 3 aromatic rings. The summed E-state index contributed by atoms with van der Waals surface area (Å²) in [6.45, 7) is -0.414. The molecular formula is C19H16BrNO4S. The quantitative estimate of drug-likeness (QED) is 0.571. The van der Waals surface area contributed by atoms with Crippen molar-refractivity contribution < 1.29 is 17.9 Å². The molecule has 0 saturated carbocycles. The van der Waals surface area contributed by atoms with Gasteiger partial charge in [-0.25, -0.2) is 8.42 Å². The molecule has 134 valence electrons. The molecule has 0 bridgehead atoms. The van der Waals surface area contributed by atoms with E-state index in [4.69, 9.17) is 4.74 Å². The summed E-state index contributed by atoms with van der Waals surface area (Å²) in [6, 6.07) is 19.0. The number of rotatable bonds is 5. The van der Waals surface area contributed by atoms with Gasteiger partial charge in [0, 0.05) is 9.86 Å². The highest BCUT2D eigenvalue weighted by Crippen LogP contribution is 2.31. The van der Waals surface area contributed by atoms with Gasteiger partial charge in [0.1, 0.15) is 6.54 Å². The molecule has 0 aliphatic carbocycles. The number of hydrogen-bond donors (Lipinski definition) is 0. The number of carbonyl (C=O) groups excluding carboxylic acids is 1. The Hall–Kier alpha value is -2.38. The van der Waals surface area contributed by atoms with Gasteiger partial charge in [0.25, 0.3) is 10.0 Å². The van der Waals surface area contributed by atoms with E-state index in [-0.39, 0.29) is 4.90 Å². The lowest BCUT2D eigenvalue weighted by Gasteiger charge is -2.24. The van der Waals surface area contributed by atoms with Crippen molar-refractivity contribution in [2.24, 2.45) is 0 Å². The maximum Gasteiger partial charge on any atom is 0.326 e. The van der Waals surface area contributed by atoms with Gasteiger partial charge in [0.2, 0.25) is 0 Å². The van der Waals surface area contributed by atoms with Crippen LogP contribution in [0.5, 0.6) is 0 Å². The molecule has 0 aliphatic heterocycles. The Balaban J connectivity index is 2.19. The molecule has 0 unspecified atom stereocenters. The molecule has 0 amide bonds. The summed E-state index contributed by atoms with van der Waals surface area (Å²) < 4.78 is 33.0. The standard InChI is InChI=1S/C19H16BrNO4S/c1-25-19(22)13-21(26(23,24)16-11-9-15(20)10-12-16)18-8-4-6-14-5-2-3-7-17(14)18/h2-12H,13H2,1H3. The third kappa shape index (κ3) is 3.59. The van der Waals surface area contributed by atoms with Crippen molar-refractivity contribution >= 4 is 48.4 Å². The highest BCUT2D eigenvalue weighted by atomic mass is 79.9. The van der Waals surface area contributed by atoms with Crippen LogP contribution in [0.15, 0.2) is 76.1 Å².